The number of benzene rings is 1. The van der Waals surface area contributed by atoms with E-state index in [-0.39, 0.29) is 0 Å². The van der Waals surface area contributed by atoms with Crippen LogP contribution >= 0.6 is 11.3 Å². The van der Waals surface area contributed by atoms with Gasteiger partial charge >= 0.3 is 0 Å². The summed E-state index contributed by atoms with van der Waals surface area (Å²) in [5.41, 5.74) is 14.0. The number of aryl methyl sites for hydroxylation is 1. The fourth-order valence-corrected chi connectivity index (χ4v) is 2.26. The van der Waals surface area contributed by atoms with E-state index < -0.39 is 0 Å². The maximum absolute atomic E-state index is 5.68. The third-order valence-electron chi connectivity index (χ3n) is 2.31. The summed E-state index contributed by atoms with van der Waals surface area (Å²) < 4.78 is 0. The second kappa shape index (κ2) is 5.00. The van der Waals surface area contributed by atoms with Crippen LogP contribution in [-0.2, 0) is 0 Å². The lowest BCUT2D eigenvalue weighted by Gasteiger charge is -1.98. The van der Waals surface area contributed by atoms with Gasteiger partial charge in [0.25, 0.3) is 0 Å². The summed E-state index contributed by atoms with van der Waals surface area (Å²) in [6.45, 7) is 2.40. The third-order valence-corrected chi connectivity index (χ3v) is 3.11. The summed E-state index contributed by atoms with van der Waals surface area (Å²) >= 11 is 1.50. The molecule has 4 N–H and O–H groups in total. The molecule has 1 aromatic heterocycles. The van der Waals surface area contributed by atoms with E-state index in [1.807, 2.05) is 31.2 Å². The highest BCUT2D eigenvalue weighted by Crippen LogP contribution is 2.28. The first-order chi connectivity index (χ1) is 8.20. The normalized spacial score (nSPS) is 9.76. The lowest BCUT2D eigenvalue weighted by molar-refractivity contribution is 1.30. The summed E-state index contributed by atoms with van der Waals surface area (Å²) in [5.74, 6) is 5.81. The van der Waals surface area contributed by atoms with Gasteiger partial charge in [0.15, 0.2) is 5.13 Å². The van der Waals surface area contributed by atoms with Gasteiger partial charge < -0.3 is 11.5 Å². The third kappa shape index (κ3) is 2.64. The van der Waals surface area contributed by atoms with Gasteiger partial charge in [-0.15, -0.1) is 11.3 Å². The molecule has 1 aromatic carbocycles. The van der Waals surface area contributed by atoms with E-state index in [1.54, 1.807) is 0 Å². The summed E-state index contributed by atoms with van der Waals surface area (Å²) in [6, 6.07) is 7.93. The van der Waals surface area contributed by atoms with Crippen LogP contribution < -0.4 is 11.5 Å². The van der Waals surface area contributed by atoms with E-state index >= 15 is 0 Å². The molecule has 3 nitrogen and oxygen atoms in total. The Morgan fingerprint density at radius 2 is 2.00 bits per heavy atom. The standard InChI is InChI=1S/C13H13N3S/c1-9-12(16-13(15)17-9)11-6-4-10(5-7-11)3-2-8-14/h4-7H,8,14H2,1H3,(H2,15,16). The number of nitrogen functional groups attached to an aromatic ring is 1. The molecule has 2 rings (SSSR count). The molecule has 0 unspecified atom stereocenters. The topological polar surface area (TPSA) is 64.9 Å². The molecule has 0 fully saturated rings. The van der Waals surface area contributed by atoms with Crippen LogP contribution in [0.15, 0.2) is 24.3 Å². The summed E-state index contributed by atoms with van der Waals surface area (Å²) in [6.07, 6.45) is 0. The molecule has 86 valence electrons. The van der Waals surface area contributed by atoms with Gasteiger partial charge in [-0.3, -0.25) is 0 Å². The van der Waals surface area contributed by atoms with Gasteiger partial charge in [0.2, 0.25) is 0 Å². The number of nitrogens with two attached hydrogens (primary N) is 2. The number of anilines is 1. The van der Waals surface area contributed by atoms with Crippen LogP contribution in [0.1, 0.15) is 10.4 Å². The highest BCUT2D eigenvalue weighted by atomic mass is 32.1. The second-order valence-electron chi connectivity index (χ2n) is 3.54. The van der Waals surface area contributed by atoms with Gasteiger partial charge in [-0.05, 0) is 19.1 Å². The number of rotatable bonds is 1. The molecule has 0 aliphatic heterocycles. The van der Waals surface area contributed by atoms with Gasteiger partial charge in [-0.2, -0.15) is 0 Å². The number of thiazole rings is 1. The fourth-order valence-electron chi connectivity index (χ4n) is 1.55. The minimum Gasteiger partial charge on any atom is -0.375 e. The molecule has 0 amide bonds. The van der Waals surface area contributed by atoms with E-state index in [9.17, 15) is 0 Å². The molecule has 1 heterocycles. The van der Waals surface area contributed by atoms with Gasteiger partial charge in [0, 0.05) is 16.0 Å². The lowest BCUT2D eigenvalue weighted by Crippen LogP contribution is -1.93. The zero-order chi connectivity index (χ0) is 12.3. The molecule has 0 aliphatic carbocycles. The lowest BCUT2D eigenvalue weighted by atomic mass is 10.1. The maximum atomic E-state index is 5.68. The average molecular weight is 243 g/mol. The smallest absolute Gasteiger partial charge is 0.180 e. The molecule has 17 heavy (non-hydrogen) atoms. The number of hydrogen-bond acceptors (Lipinski definition) is 4. The first kappa shape index (κ1) is 11.6. The second-order valence-corrected chi connectivity index (χ2v) is 4.77. The van der Waals surface area contributed by atoms with Gasteiger partial charge in [-0.25, -0.2) is 4.98 Å². The molecule has 0 radical (unpaired) electrons. The quantitative estimate of drug-likeness (QED) is 0.753. The van der Waals surface area contributed by atoms with Gasteiger partial charge in [0.05, 0.1) is 12.2 Å². The SMILES string of the molecule is Cc1sc(N)nc1-c1ccc(C#CCN)cc1. The van der Waals surface area contributed by atoms with Crippen LogP contribution in [0.2, 0.25) is 0 Å². The van der Waals surface area contributed by atoms with Crippen molar-refractivity contribution in [3.8, 4) is 23.1 Å². The fraction of sp³-hybridized carbons (Fsp3) is 0.154. The zero-order valence-corrected chi connectivity index (χ0v) is 10.3. The molecule has 0 bridgehead atoms. The Morgan fingerprint density at radius 3 is 2.53 bits per heavy atom. The van der Waals surface area contributed by atoms with Crippen LogP contribution in [0, 0.1) is 18.8 Å². The molecule has 0 spiro atoms. The first-order valence-electron chi connectivity index (χ1n) is 5.23. The molecule has 2 aromatic rings. The minimum atomic E-state index is 0.378. The molecular weight excluding hydrogens is 230 g/mol. The average Bonchev–Trinajstić information content (AvgIpc) is 2.66. The van der Waals surface area contributed by atoms with Crippen LogP contribution in [0.25, 0.3) is 11.3 Å². The van der Waals surface area contributed by atoms with Crippen molar-refractivity contribution < 1.29 is 0 Å². The minimum absolute atomic E-state index is 0.378. The Labute approximate surface area is 104 Å². The van der Waals surface area contributed by atoms with Crippen molar-refractivity contribution in [3.63, 3.8) is 0 Å². The van der Waals surface area contributed by atoms with E-state index in [1.165, 1.54) is 11.3 Å². The molecule has 0 saturated heterocycles. The molecule has 0 aliphatic rings. The zero-order valence-electron chi connectivity index (χ0n) is 9.53. The maximum Gasteiger partial charge on any atom is 0.180 e. The highest BCUT2D eigenvalue weighted by Gasteiger charge is 2.07. The summed E-state index contributed by atoms with van der Waals surface area (Å²) in [7, 11) is 0. The molecule has 0 saturated carbocycles. The van der Waals surface area contributed by atoms with Crippen molar-refractivity contribution in [1.82, 2.24) is 4.98 Å². The Balaban J connectivity index is 2.32. The summed E-state index contributed by atoms with van der Waals surface area (Å²) in [4.78, 5) is 5.44. The van der Waals surface area contributed by atoms with Crippen LogP contribution in [-0.4, -0.2) is 11.5 Å². The Kier molecular flexibility index (Phi) is 3.43. The van der Waals surface area contributed by atoms with E-state index in [4.69, 9.17) is 11.5 Å². The van der Waals surface area contributed by atoms with Gasteiger partial charge in [-0.1, -0.05) is 24.0 Å². The van der Waals surface area contributed by atoms with Crippen molar-refractivity contribution in [2.24, 2.45) is 5.73 Å². The molecule has 4 heteroatoms. The molecule has 0 atom stereocenters. The number of hydrogen-bond donors (Lipinski definition) is 2. The monoisotopic (exact) mass is 243 g/mol. The van der Waals surface area contributed by atoms with E-state index in [0.717, 1.165) is 21.7 Å². The Bertz CT molecular complexity index is 573. The Morgan fingerprint density at radius 1 is 1.29 bits per heavy atom. The first-order valence-corrected chi connectivity index (χ1v) is 6.04. The summed E-state index contributed by atoms with van der Waals surface area (Å²) in [5, 5.41) is 0.601. The number of nitrogens with zero attached hydrogens (tertiary/aromatic N) is 1. The predicted molar refractivity (Wildman–Crippen MR) is 72.6 cm³/mol. The van der Waals surface area contributed by atoms with Crippen molar-refractivity contribution >= 4 is 16.5 Å². The number of aromatic nitrogens is 1. The van der Waals surface area contributed by atoms with Crippen LogP contribution in [0.3, 0.4) is 0 Å². The highest BCUT2D eigenvalue weighted by molar-refractivity contribution is 7.15. The Hall–Kier alpha value is -1.83. The van der Waals surface area contributed by atoms with Crippen molar-refractivity contribution in [1.29, 1.82) is 0 Å². The van der Waals surface area contributed by atoms with Gasteiger partial charge in [0.1, 0.15) is 0 Å². The van der Waals surface area contributed by atoms with E-state index in [0.29, 0.717) is 11.7 Å². The molecular formula is C13H13N3S. The van der Waals surface area contributed by atoms with Crippen LogP contribution in [0.4, 0.5) is 5.13 Å². The predicted octanol–water partition coefficient (Wildman–Crippen LogP) is 2.01. The largest absolute Gasteiger partial charge is 0.375 e. The van der Waals surface area contributed by atoms with Crippen molar-refractivity contribution in [2.45, 2.75) is 6.92 Å². The van der Waals surface area contributed by atoms with E-state index in [2.05, 4.69) is 16.8 Å². The van der Waals surface area contributed by atoms with Crippen molar-refractivity contribution in [3.05, 3.63) is 34.7 Å². The van der Waals surface area contributed by atoms with Crippen molar-refractivity contribution in [2.75, 3.05) is 12.3 Å². The van der Waals surface area contributed by atoms with Crippen LogP contribution in [0.5, 0.6) is 0 Å².